The minimum atomic E-state index is -1.39. The second-order valence-corrected chi connectivity index (χ2v) is 7.63. The molecule has 6 heteroatoms. The van der Waals surface area contributed by atoms with E-state index in [1.54, 1.807) is 0 Å². The summed E-state index contributed by atoms with van der Waals surface area (Å²) in [6.45, 7) is 2.53. The number of fused-ring (bicyclic) bond motifs is 2. The lowest BCUT2D eigenvalue weighted by molar-refractivity contribution is -0.137. The Labute approximate surface area is 141 Å². The molecule has 2 fully saturated rings. The van der Waals surface area contributed by atoms with Crippen LogP contribution in [0, 0.1) is 17.8 Å². The van der Waals surface area contributed by atoms with Crippen molar-refractivity contribution in [2.24, 2.45) is 17.8 Å². The van der Waals surface area contributed by atoms with Gasteiger partial charge in [-0.15, -0.1) is 0 Å². The lowest BCUT2D eigenvalue weighted by Crippen LogP contribution is -2.42. The van der Waals surface area contributed by atoms with Crippen molar-refractivity contribution in [3.05, 3.63) is 12.2 Å². The minimum Gasteiger partial charge on any atom is -0.481 e. The molecule has 0 aromatic carbocycles. The van der Waals surface area contributed by atoms with E-state index in [2.05, 4.69) is 16.9 Å². The van der Waals surface area contributed by atoms with Crippen LogP contribution < -0.4 is 4.72 Å². The van der Waals surface area contributed by atoms with Gasteiger partial charge in [-0.05, 0) is 62.7 Å². The summed E-state index contributed by atoms with van der Waals surface area (Å²) in [7, 11) is 0. The van der Waals surface area contributed by atoms with Gasteiger partial charge in [0.1, 0.15) is 0 Å². The second kappa shape index (κ2) is 9.55. The number of carbonyl (C=O) groups is 1. The Morgan fingerprint density at radius 3 is 2.87 bits per heavy atom. The molecule has 2 rings (SSSR count). The number of allylic oxidation sites excluding steroid dienone is 2. The first kappa shape index (κ1) is 18.6. The van der Waals surface area contributed by atoms with Crippen molar-refractivity contribution in [1.82, 2.24) is 4.72 Å². The first-order valence-corrected chi connectivity index (χ1v) is 9.87. The number of aliphatic carboxylic acids is 1. The number of unbranched alkanes of at least 4 members (excludes halogenated alkanes) is 1. The van der Waals surface area contributed by atoms with Crippen molar-refractivity contribution in [2.45, 2.75) is 64.3 Å². The fraction of sp³-hybridized carbons (Fsp3) is 0.824. The highest BCUT2D eigenvalue weighted by atomic mass is 32.2. The molecule has 0 aromatic rings. The molecule has 2 bridgehead atoms. The normalized spacial score (nSPS) is 31.0. The lowest BCUT2D eigenvalue weighted by Gasteiger charge is -2.30. The molecule has 0 radical (unpaired) electrons. The maximum absolute atomic E-state index is 12.0. The number of rotatable bonds is 11. The molecule has 0 amide bonds. The summed E-state index contributed by atoms with van der Waals surface area (Å²) in [4.78, 5) is 10.5. The molecule has 2 aliphatic carbocycles. The standard InChI is InChI=1S/C17H29NO4S/c1-2-11-22-23(21)18-17-14-10-9-13(12-14)15(17)7-5-3-4-6-8-16(19)20/h3,5,13-15,17-18H,2,4,6-12H2,1H3,(H,19,20)/b5-3+. The van der Waals surface area contributed by atoms with Crippen molar-refractivity contribution in [1.29, 1.82) is 0 Å². The highest BCUT2D eigenvalue weighted by molar-refractivity contribution is 7.78. The van der Waals surface area contributed by atoms with Crippen LogP contribution in [0.15, 0.2) is 12.2 Å². The first-order chi connectivity index (χ1) is 11.1. The SMILES string of the molecule is CCCOS(=O)NC1C2CCC(C2)C1C/C=C/CCCC(=O)O. The summed E-state index contributed by atoms with van der Waals surface area (Å²) < 4.78 is 20.4. The van der Waals surface area contributed by atoms with Crippen LogP contribution in [0.2, 0.25) is 0 Å². The average molecular weight is 343 g/mol. The van der Waals surface area contributed by atoms with Crippen LogP contribution in [0.25, 0.3) is 0 Å². The third kappa shape index (κ3) is 5.69. The molecule has 2 N–H and O–H groups in total. The number of carboxylic acids is 1. The van der Waals surface area contributed by atoms with Gasteiger partial charge in [-0.25, -0.2) is 8.93 Å². The molecule has 132 valence electrons. The monoisotopic (exact) mass is 343 g/mol. The zero-order valence-corrected chi connectivity index (χ0v) is 14.7. The Bertz CT molecular complexity index is 440. The molecule has 0 saturated heterocycles. The van der Waals surface area contributed by atoms with E-state index in [0.29, 0.717) is 24.9 Å². The van der Waals surface area contributed by atoms with Crippen molar-refractivity contribution in [2.75, 3.05) is 6.61 Å². The van der Waals surface area contributed by atoms with E-state index in [4.69, 9.17) is 9.29 Å². The zero-order valence-electron chi connectivity index (χ0n) is 13.9. The van der Waals surface area contributed by atoms with Crippen molar-refractivity contribution < 1.29 is 18.3 Å². The van der Waals surface area contributed by atoms with Gasteiger partial charge >= 0.3 is 5.97 Å². The largest absolute Gasteiger partial charge is 0.481 e. The van der Waals surface area contributed by atoms with E-state index in [-0.39, 0.29) is 12.5 Å². The Balaban J connectivity index is 1.77. The highest BCUT2D eigenvalue weighted by Gasteiger charge is 2.47. The van der Waals surface area contributed by atoms with Gasteiger partial charge in [-0.1, -0.05) is 19.1 Å². The molecule has 5 nitrogen and oxygen atoms in total. The summed E-state index contributed by atoms with van der Waals surface area (Å²) in [6, 6.07) is 0.287. The summed E-state index contributed by atoms with van der Waals surface area (Å²) in [6.07, 6.45) is 11.6. The quantitative estimate of drug-likeness (QED) is 0.446. The van der Waals surface area contributed by atoms with E-state index >= 15 is 0 Å². The minimum absolute atomic E-state index is 0.233. The molecule has 0 aromatic heterocycles. The summed E-state index contributed by atoms with van der Waals surface area (Å²) in [5, 5.41) is 8.62. The van der Waals surface area contributed by atoms with E-state index in [1.807, 2.05) is 6.92 Å². The van der Waals surface area contributed by atoms with Crippen molar-refractivity contribution >= 4 is 17.2 Å². The first-order valence-electron chi connectivity index (χ1n) is 8.79. The van der Waals surface area contributed by atoms with Gasteiger partial charge in [0.05, 0.1) is 6.61 Å². The van der Waals surface area contributed by atoms with Gasteiger partial charge in [0, 0.05) is 12.5 Å². The Morgan fingerprint density at radius 2 is 2.13 bits per heavy atom. The van der Waals surface area contributed by atoms with E-state index in [9.17, 15) is 9.00 Å². The van der Waals surface area contributed by atoms with Gasteiger partial charge in [-0.3, -0.25) is 8.98 Å². The van der Waals surface area contributed by atoms with Crippen molar-refractivity contribution in [3.63, 3.8) is 0 Å². The van der Waals surface area contributed by atoms with Gasteiger partial charge in [0.15, 0.2) is 0 Å². The van der Waals surface area contributed by atoms with Crippen LogP contribution in [0.1, 0.15) is 58.3 Å². The molecule has 2 saturated carbocycles. The summed E-state index contributed by atoms with van der Waals surface area (Å²) in [5.41, 5.74) is 0. The Morgan fingerprint density at radius 1 is 1.35 bits per heavy atom. The molecular weight excluding hydrogens is 314 g/mol. The van der Waals surface area contributed by atoms with Crippen LogP contribution in [-0.2, 0) is 20.2 Å². The van der Waals surface area contributed by atoms with Crippen LogP contribution in [0.4, 0.5) is 0 Å². The average Bonchev–Trinajstić information content (AvgIpc) is 3.10. The van der Waals surface area contributed by atoms with Crippen LogP contribution >= 0.6 is 0 Å². The number of hydrogen-bond donors (Lipinski definition) is 2. The Hall–Kier alpha value is -0.720. The third-order valence-electron chi connectivity index (χ3n) is 5.05. The van der Waals surface area contributed by atoms with Crippen LogP contribution in [0.5, 0.6) is 0 Å². The Kier molecular flexibility index (Phi) is 7.73. The smallest absolute Gasteiger partial charge is 0.303 e. The van der Waals surface area contributed by atoms with Gasteiger partial charge in [-0.2, -0.15) is 0 Å². The van der Waals surface area contributed by atoms with Crippen LogP contribution in [0.3, 0.4) is 0 Å². The predicted molar refractivity (Wildman–Crippen MR) is 90.9 cm³/mol. The van der Waals surface area contributed by atoms with E-state index in [1.165, 1.54) is 19.3 Å². The molecule has 0 spiro atoms. The van der Waals surface area contributed by atoms with E-state index in [0.717, 1.165) is 25.2 Å². The van der Waals surface area contributed by atoms with Crippen molar-refractivity contribution in [3.8, 4) is 0 Å². The zero-order chi connectivity index (χ0) is 16.7. The fourth-order valence-electron chi connectivity index (χ4n) is 3.98. The molecule has 23 heavy (non-hydrogen) atoms. The molecule has 0 heterocycles. The molecular formula is C17H29NO4S. The fourth-order valence-corrected chi connectivity index (χ4v) is 4.96. The molecule has 0 aliphatic heterocycles. The third-order valence-corrected chi connectivity index (χ3v) is 5.90. The van der Waals surface area contributed by atoms with Gasteiger partial charge in [0.25, 0.3) is 0 Å². The number of nitrogens with one attached hydrogen (secondary N) is 1. The highest BCUT2D eigenvalue weighted by Crippen LogP contribution is 2.50. The van der Waals surface area contributed by atoms with E-state index < -0.39 is 17.2 Å². The summed E-state index contributed by atoms with van der Waals surface area (Å²) in [5.74, 6) is 1.15. The molecule has 2 aliphatic rings. The number of carboxylic acid groups (broad SMARTS) is 1. The van der Waals surface area contributed by atoms with Gasteiger partial charge < -0.3 is 5.11 Å². The van der Waals surface area contributed by atoms with Crippen LogP contribution in [-0.4, -0.2) is 27.9 Å². The predicted octanol–water partition coefficient (Wildman–Crippen LogP) is 3.20. The maximum Gasteiger partial charge on any atom is 0.303 e. The lowest BCUT2D eigenvalue weighted by atomic mass is 9.83. The van der Waals surface area contributed by atoms with Gasteiger partial charge in [0.2, 0.25) is 11.3 Å². The molecule has 5 unspecified atom stereocenters. The number of hydrogen-bond acceptors (Lipinski definition) is 3. The summed E-state index contributed by atoms with van der Waals surface area (Å²) >= 11 is -1.39. The maximum atomic E-state index is 12.0. The topological polar surface area (TPSA) is 75.6 Å². The second-order valence-electron chi connectivity index (χ2n) is 6.69. The molecule has 5 atom stereocenters.